The molecule has 1 aliphatic heterocycles. The molecule has 100 valence electrons. The van der Waals surface area contributed by atoms with E-state index in [9.17, 15) is 5.11 Å². The normalized spacial score (nSPS) is 18.8. The average molecular weight is 334 g/mol. The molecule has 0 aromatic heterocycles. The molecule has 2 rings (SSSR count). The average Bonchev–Trinajstić information content (AvgIpc) is 2.40. The first-order valence-corrected chi connectivity index (χ1v) is 7.40. The van der Waals surface area contributed by atoms with Crippen LogP contribution in [-0.4, -0.2) is 42.8 Å². The van der Waals surface area contributed by atoms with E-state index >= 15 is 0 Å². The number of halogens is 2. The van der Waals surface area contributed by atoms with Crippen LogP contribution in [-0.2, 0) is 0 Å². The van der Waals surface area contributed by atoms with Crippen LogP contribution < -0.4 is 5.32 Å². The number of hydrogen-bond acceptors (Lipinski definition) is 3. The first kappa shape index (κ1) is 14.3. The fraction of sp³-hybridized carbons (Fsp3) is 0.538. The van der Waals surface area contributed by atoms with E-state index in [4.69, 9.17) is 11.6 Å². The number of aliphatic hydroxyl groups is 1. The Morgan fingerprint density at radius 2 is 2.11 bits per heavy atom. The molecule has 1 aromatic carbocycles. The molecule has 1 atom stereocenters. The topological polar surface area (TPSA) is 35.5 Å². The van der Waals surface area contributed by atoms with Crippen molar-refractivity contribution in [3.05, 3.63) is 33.3 Å². The van der Waals surface area contributed by atoms with E-state index < -0.39 is 0 Å². The summed E-state index contributed by atoms with van der Waals surface area (Å²) >= 11 is 9.49. The highest BCUT2D eigenvalue weighted by Gasteiger charge is 2.22. The summed E-state index contributed by atoms with van der Waals surface area (Å²) in [6.07, 6.45) is 0.758. The van der Waals surface area contributed by atoms with Gasteiger partial charge in [-0.25, -0.2) is 0 Å². The minimum Gasteiger partial charge on any atom is -0.396 e. The molecule has 1 fully saturated rings. The quantitative estimate of drug-likeness (QED) is 0.888. The third-order valence-electron chi connectivity index (χ3n) is 3.32. The molecule has 0 saturated carbocycles. The minimum atomic E-state index is 0.203. The van der Waals surface area contributed by atoms with Gasteiger partial charge in [0.25, 0.3) is 0 Å². The van der Waals surface area contributed by atoms with Crippen molar-refractivity contribution in [3.63, 3.8) is 0 Å². The van der Waals surface area contributed by atoms with Crippen LogP contribution in [0.25, 0.3) is 0 Å². The summed E-state index contributed by atoms with van der Waals surface area (Å²) in [5, 5.41) is 13.3. The molecule has 1 aromatic rings. The number of nitrogens with one attached hydrogen (secondary N) is 1. The van der Waals surface area contributed by atoms with Gasteiger partial charge in [0, 0.05) is 43.3 Å². The van der Waals surface area contributed by atoms with Crippen LogP contribution in [0.4, 0.5) is 0 Å². The largest absolute Gasteiger partial charge is 0.396 e. The molecule has 0 amide bonds. The Balaban J connectivity index is 2.19. The van der Waals surface area contributed by atoms with E-state index in [-0.39, 0.29) is 12.6 Å². The van der Waals surface area contributed by atoms with Crippen LogP contribution in [0.2, 0.25) is 5.02 Å². The Bertz CT molecular complexity index is 397. The first-order valence-electron chi connectivity index (χ1n) is 6.23. The van der Waals surface area contributed by atoms with Crippen LogP contribution in [0, 0.1) is 0 Å². The van der Waals surface area contributed by atoms with Crippen molar-refractivity contribution in [1.29, 1.82) is 0 Å². The van der Waals surface area contributed by atoms with Gasteiger partial charge < -0.3 is 10.4 Å². The lowest BCUT2D eigenvalue weighted by Gasteiger charge is -2.35. The van der Waals surface area contributed by atoms with E-state index in [0.717, 1.165) is 42.1 Å². The lowest BCUT2D eigenvalue weighted by atomic mass is 10.0. The van der Waals surface area contributed by atoms with Crippen LogP contribution in [0.1, 0.15) is 18.0 Å². The monoisotopic (exact) mass is 332 g/mol. The number of aliphatic hydroxyl groups excluding tert-OH is 1. The maximum absolute atomic E-state index is 9.27. The lowest BCUT2D eigenvalue weighted by molar-refractivity contribution is 0.141. The first-order chi connectivity index (χ1) is 8.72. The summed E-state index contributed by atoms with van der Waals surface area (Å²) in [5.41, 5.74) is 1.21. The van der Waals surface area contributed by atoms with Crippen molar-refractivity contribution in [2.45, 2.75) is 12.5 Å². The summed E-state index contributed by atoms with van der Waals surface area (Å²) < 4.78 is 0.916. The van der Waals surface area contributed by atoms with E-state index in [1.165, 1.54) is 5.56 Å². The molecule has 0 bridgehead atoms. The maximum Gasteiger partial charge on any atom is 0.0548 e. The Morgan fingerprint density at radius 1 is 1.39 bits per heavy atom. The molecule has 1 aliphatic rings. The van der Waals surface area contributed by atoms with Gasteiger partial charge in [-0.1, -0.05) is 17.7 Å². The number of benzene rings is 1. The molecular formula is C13H18BrClN2O. The van der Waals surface area contributed by atoms with E-state index in [1.54, 1.807) is 0 Å². The minimum absolute atomic E-state index is 0.203. The van der Waals surface area contributed by atoms with Gasteiger partial charge in [-0.05, 0) is 40.0 Å². The molecule has 5 heteroatoms. The molecule has 0 unspecified atom stereocenters. The van der Waals surface area contributed by atoms with Crippen LogP contribution in [0.3, 0.4) is 0 Å². The number of nitrogens with zero attached hydrogens (tertiary/aromatic N) is 1. The van der Waals surface area contributed by atoms with Crippen molar-refractivity contribution in [2.75, 3.05) is 32.8 Å². The van der Waals surface area contributed by atoms with E-state index in [1.807, 2.05) is 6.07 Å². The molecular weight excluding hydrogens is 316 g/mol. The van der Waals surface area contributed by atoms with Gasteiger partial charge in [0.2, 0.25) is 0 Å². The lowest BCUT2D eigenvalue weighted by Crippen LogP contribution is -2.45. The summed E-state index contributed by atoms with van der Waals surface area (Å²) in [5.74, 6) is 0. The molecule has 2 N–H and O–H groups in total. The smallest absolute Gasteiger partial charge is 0.0548 e. The van der Waals surface area contributed by atoms with Crippen LogP contribution in [0.15, 0.2) is 22.7 Å². The van der Waals surface area contributed by atoms with Crippen molar-refractivity contribution in [1.82, 2.24) is 10.2 Å². The van der Waals surface area contributed by atoms with Gasteiger partial charge in [-0.15, -0.1) is 0 Å². The Labute approximate surface area is 121 Å². The maximum atomic E-state index is 9.27. The second kappa shape index (κ2) is 6.87. The predicted octanol–water partition coefficient (Wildman–Crippen LogP) is 2.43. The summed E-state index contributed by atoms with van der Waals surface area (Å²) in [4.78, 5) is 2.42. The zero-order valence-electron chi connectivity index (χ0n) is 10.2. The molecule has 1 saturated heterocycles. The zero-order valence-corrected chi connectivity index (χ0v) is 12.5. The molecule has 0 spiro atoms. The van der Waals surface area contributed by atoms with Gasteiger partial charge in [-0.3, -0.25) is 4.90 Å². The van der Waals surface area contributed by atoms with Gasteiger partial charge in [0.05, 0.1) is 5.02 Å². The Kier molecular flexibility index (Phi) is 5.45. The van der Waals surface area contributed by atoms with E-state index in [2.05, 4.69) is 38.3 Å². The molecule has 0 aliphatic carbocycles. The number of hydrogen-bond donors (Lipinski definition) is 2. The van der Waals surface area contributed by atoms with Crippen LogP contribution >= 0.6 is 27.5 Å². The fourth-order valence-corrected chi connectivity index (χ4v) is 2.91. The van der Waals surface area contributed by atoms with Gasteiger partial charge in [0.15, 0.2) is 0 Å². The summed E-state index contributed by atoms with van der Waals surface area (Å²) in [7, 11) is 0. The second-order valence-electron chi connectivity index (χ2n) is 4.49. The highest BCUT2D eigenvalue weighted by Crippen LogP contribution is 2.30. The van der Waals surface area contributed by atoms with Crippen molar-refractivity contribution in [2.24, 2.45) is 0 Å². The SMILES string of the molecule is OCC[C@H](c1ccc(Cl)c(Br)c1)N1CCNCC1. The van der Waals surface area contributed by atoms with Crippen LogP contribution in [0.5, 0.6) is 0 Å². The second-order valence-corrected chi connectivity index (χ2v) is 5.75. The van der Waals surface area contributed by atoms with Gasteiger partial charge in [0.1, 0.15) is 0 Å². The molecule has 18 heavy (non-hydrogen) atoms. The number of rotatable bonds is 4. The summed E-state index contributed by atoms with van der Waals surface area (Å²) in [6, 6.07) is 6.29. The molecule has 0 radical (unpaired) electrons. The highest BCUT2D eigenvalue weighted by molar-refractivity contribution is 9.10. The third-order valence-corrected chi connectivity index (χ3v) is 4.54. The zero-order chi connectivity index (χ0) is 13.0. The van der Waals surface area contributed by atoms with Crippen molar-refractivity contribution in [3.8, 4) is 0 Å². The standard InChI is InChI=1S/C13H18BrClN2O/c14-11-9-10(1-2-12(11)15)13(3-8-18)17-6-4-16-5-7-17/h1-2,9,13,16,18H,3-8H2/t13-/m1/s1. The number of piperazine rings is 1. The predicted molar refractivity (Wildman–Crippen MR) is 78.0 cm³/mol. The third kappa shape index (κ3) is 3.45. The van der Waals surface area contributed by atoms with E-state index in [0.29, 0.717) is 0 Å². The van der Waals surface area contributed by atoms with Gasteiger partial charge >= 0.3 is 0 Å². The molecule has 3 nitrogen and oxygen atoms in total. The molecule has 1 heterocycles. The highest BCUT2D eigenvalue weighted by atomic mass is 79.9. The van der Waals surface area contributed by atoms with Crippen molar-refractivity contribution >= 4 is 27.5 Å². The van der Waals surface area contributed by atoms with Crippen molar-refractivity contribution < 1.29 is 5.11 Å². The Hall–Kier alpha value is -0.130. The van der Waals surface area contributed by atoms with Gasteiger partial charge in [-0.2, -0.15) is 0 Å². The summed E-state index contributed by atoms with van der Waals surface area (Å²) in [6.45, 7) is 4.26. The Morgan fingerprint density at radius 3 is 2.72 bits per heavy atom. The fourth-order valence-electron chi connectivity index (χ4n) is 2.40.